The van der Waals surface area contributed by atoms with Crippen molar-refractivity contribution in [2.45, 2.75) is 65.4 Å². The lowest BCUT2D eigenvalue weighted by atomic mass is 10.2. The molecule has 86 valence electrons. The van der Waals surface area contributed by atoms with E-state index in [0.29, 0.717) is 6.61 Å². The van der Waals surface area contributed by atoms with E-state index in [9.17, 15) is 0 Å². The van der Waals surface area contributed by atoms with Crippen molar-refractivity contribution in [1.29, 1.82) is 0 Å². The van der Waals surface area contributed by atoms with Gasteiger partial charge < -0.3 is 0 Å². The molecular formula is C11H24O3. The molecule has 0 N–H and O–H groups in total. The molecule has 1 saturated heterocycles. The average Bonchev–Trinajstić information content (AvgIpc) is 2.28. The van der Waals surface area contributed by atoms with E-state index in [1.54, 1.807) is 0 Å². The fourth-order valence-corrected chi connectivity index (χ4v) is 1.12. The maximum atomic E-state index is 4.70. The van der Waals surface area contributed by atoms with Crippen LogP contribution in [0.5, 0.6) is 0 Å². The Kier molecular flexibility index (Phi) is 10.9. The fourth-order valence-electron chi connectivity index (χ4n) is 1.12. The highest BCUT2D eigenvalue weighted by atomic mass is 17.5. The molecule has 0 aromatic carbocycles. The first kappa shape index (κ1) is 13.9. The largest absolute Gasteiger partial charge is 0.206 e. The van der Waals surface area contributed by atoms with Gasteiger partial charge >= 0.3 is 0 Å². The SMILES string of the molecule is CCC1CCOOO1.CCCCCC. The summed E-state index contributed by atoms with van der Waals surface area (Å²) in [6, 6.07) is 0. The van der Waals surface area contributed by atoms with Gasteiger partial charge in [-0.25, -0.2) is 9.78 Å². The first-order chi connectivity index (χ1) is 6.85. The second-order valence-electron chi connectivity index (χ2n) is 3.51. The highest BCUT2D eigenvalue weighted by molar-refractivity contribution is 4.51. The lowest BCUT2D eigenvalue weighted by Gasteiger charge is -2.17. The predicted octanol–water partition coefficient (Wildman–Crippen LogP) is 3.64. The quantitative estimate of drug-likeness (QED) is 0.517. The van der Waals surface area contributed by atoms with E-state index in [4.69, 9.17) is 4.89 Å². The first-order valence-electron chi connectivity index (χ1n) is 5.80. The summed E-state index contributed by atoms with van der Waals surface area (Å²) in [6.07, 6.45) is 7.71. The normalized spacial score (nSPS) is 21.2. The Morgan fingerprint density at radius 1 is 1.07 bits per heavy atom. The van der Waals surface area contributed by atoms with Gasteiger partial charge in [0, 0.05) is 6.42 Å². The van der Waals surface area contributed by atoms with Gasteiger partial charge in [0.25, 0.3) is 0 Å². The van der Waals surface area contributed by atoms with Crippen molar-refractivity contribution in [3.05, 3.63) is 0 Å². The summed E-state index contributed by atoms with van der Waals surface area (Å²) in [5.41, 5.74) is 0. The third-order valence-electron chi connectivity index (χ3n) is 2.16. The van der Waals surface area contributed by atoms with Crippen molar-refractivity contribution in [3.63, 3.8) is 0 Å². The Bertz CT molecular complexity index is 96.7. The lowest BCUT2D eigenvalue weighted by Crippen LogP contribution is -2.20. The van der Waals surface area contributed by atoms with Crippen LogP contribution in [-0.4, -0.2) is 12.7 Å². The zero-order chi connectivity index (χ0) is 10.6. The molecule has 1 fully saturated rings. The van der Waals surface area contributed by atoms with Crippen LogP contribution in [0.2, 0.25) is 0 Å². The van der Waals surface area contributed by atoms with Gasteiger partial charge in [-0.05, 0) is 6.42 Å². The van der Waals surface area contributed by atoms with E-state index in [2.05, 4.69) is 30.7 Å². The summed E-state index contributed by atoms with van der Waals surface area (Å²) in [5.74, 6) is 0. The Hall–Kier alpha value is -0.120. The number of hydrogen-bond donors (Lipinski definition) is 0. The van der Waals surface area contributed by atoms with Gasteiger partial charge in [0.1, 0.15) is 0 Å². The Morgan fingerprint density at radius 2 is 1.71 bits per heavy atom. The van der Waals surface area contributed by atoms with Crippen LogP contribution in [0.25, 0.3) is 0 Å². The van der Waals surface area contributed by atoms with Gasteiger partial charge in [-0.1, -0.05) is 51.5 Å². The highest BCUT2D eigenvalue weighted by Gasteiger charge is 2.12. The van der Waals surface area contributed by atoms with Gasteiger partial charge in [0.15, 0.2) is 0 Å². The molecular weight excluding hydrogens is 180 g/mol. The van der Waals surface area contributed by atoms with Crippen LogP contribution in [-0.2, 0) is 14.8 Å². The first-order valence-corrected chi connectivity index (χ1v) is 5.80. The van der Waals surface area contributed by atoms with Crippen molar-refractivity contribution < 1.29 is 14.8 Å². The summed E-state index contributed by atoms with van der Waals surface area (Å²) in [5, 5.41) is 4.27. The standard InChI is InChI=1S/C6H14.C5H10O3/c1-3-5-6-4-2;1-2-5-3-4-6-8-7-5/h3-6H2,1-2H3;5H,2-4H2,1H3. The molecule has 0 aliphatic carbocycles. The maximum absolute atomic E-state index is 4.70. The van der Waals surface area contributed by atoms with E-state index in [1.165, 1.54) is 25.7 Å². The third-order valence-corrected chi connectivity index (χ3v) is 2.16. The second-order valence-corrected chi connectivity index (χ2v) is 3.51. The number of unbranched alkanes of at least 4 members (excludes halogenated alkanes) is 3. The van der Waals surface area contributed by atoms with Crippen LogP contribution >= 0.6 is 0 Å². The summed E-state index contributed by atoms with van der Waals surface area (Å²) < 4.78 is 0. The molecule has 0 saturated carbocycles. The average molecular weight is 204 g/mol. The van der Waals surface area contributed by atoms with Crippen LogP contribution < -0.4 is 0 Å². The molecule has 0 aromatic heterocycles. The minimum absolute atomic E-state index is 0.240. The molecule has 1 atom stereocenters. The van der Waals surface area contributed by atoms with Crippen LogP contribution in [0.15, 0.2) is 0 Å². The molecule has 0 amide bonds. The molecule has 3 heteroatoms. The van der Waals surface area contributed by atoms with E-state index < -0.39 is 0 Å². The molecule has 0 bridgehead atoms. The summed E-state index contributed by atoms with van der Waals surface area (Å²) in [7, 11) is 0. The molecule has 1 aliphatic rings. The molecule has 14 heavy (non-hydrogen) atoms. The molecule has 0 aromatic rings. The smallest absolute Gasteiger partial charge is 0.0981 e. The molecule has 1 heterocycles. The molecule has 0 radical (unpaired) electrons. The van der Waals surface area contributed by atoms with E-state index in [0.717, 1.165) is 12.8 Å². The zero-order valence-corrected chi connectivity index (χ0v) is 9.75. The molecule has 1 unspecified atom stereocenters. The van der Waals surface area contributed by atoms with Crippen LogP contribution in [0.4, 0.5) is 0 Å². The Balaban J connectivity index is 0.000000255. The van der Waals surface area contributed by atoms with Gasteiger partial charge in [-0.15, -0.1) is 0 Å². The summed E-state index contributed by atoms with van der Waals surface area (Å²) >= 11 is 0. The van der Waals surface area contributed by atoms with Crippen molar-refractivity contribution in [3.8, 4) is 0 Å². The predicted molar refractivity (Wildman–Crippen MR) is 56.6 cm³/mol. The van der Waals surface area contributed by atoms with Crippen LogP contribution in [0, 0.1) is 0 Å². The summed E-state index contributed by atoms with van der Waals surface area (Å²) in [6.45, 7) is 7.17. The third kappa shape index (κ3) is 8.48. The van der Waals surface area contributed by atoms with E-state index in [-0.39, 0.29) is 6.10 Å². The number of hydrogen-bond acceptors (Lipinski definition) is 3. The highest BCUT2D eigenvalue weighted by Crippen LogP contribution is 2.09. The minimum atomic E-state index is 0.240. The van der Waals surface area contributed by atoms with Crippen molar-refractivity contribution >= 4 is 0 Å². The minimum Gasteiger partial charge on any atom is -0.206 e. The maximum Gasteiger partial charge on any atom is 0.0981 e. The molecule has 1 rings (SSSR count). The fraction of sp³-hybridized carbons (Fsp3) is 1.00. The second kappa shape index (κ2) is 11.0. The van der Waals surface area contributed by atoms with Crippen LogP contribution in [0.3, 0.4) is 0 Å². The monoisotopic (exact) mass is 204 g/mol. The Morgan fingerprint density at radius 3 is 2.00 bits per heavy atom. The van der Waals surface area contributed by atoms with Gasteiger partial charge in [-0.3, -0.25) is 0 Å². The topological polar surface area (TPSA) is 27.7 Å². The molecule has 3 nitrogen and oxygen atoms in total. The van der Waals surface area contributed by atoms with E-state index in [1.807, 2.05) is 0 Å². The van der Waals surface area contributed by atoms with Gasteiger partial charge in [0.2, 0.25) is 0 Å². The Labute approximate surface area is 87.6 Å². The van der Waals surface area contributed by atoms with Crippen molar-refractivity contribution in [2.75, 3.05) is 6.61 Å². The lowest BCUT2D eigenvalue weighted by molar-refractivity contribution is -0.548. The zero-order valence-electron chi connectivity index (χ0n) is 9.75. The molecule has 0 spiro atoms. The number of rotatable bonds is 4. The summed E-state index contributed by atoms with van der Waals surface area (Å²) in [4.78, 5) is 9.18. The molecule has 1 aliphatic heterocycles. The van der Waals surface area contributed by atoms with Gasteiger partial charge in [0.05, 0.1) is 12.7 Å². The van der Waals surface area contributed by atoms with Crippen molar-refractivity contribution in [2.24, 2.45) is 0 Å². The van der Waals surface area contributed by atoms with Crippen LogP contribution in [0.1, 0.15) is 59.3 Å². The van der Waals surface area contributed by atoms with E-state index >= 15 is 0 Å². The van der Waals surface area contributed by atoms with Gasteiger partial charge in [-0.2, -0.15) is 0 Å². The van der Waals surface area contributed by atoms with Crippen molar-refractivity contribution in [1.82, 2.24) is 0 Å².